The Morgan fingerprint density at radius 2 is 1.60 bits per heavy atom. The lowest BCUT2D eigenvalue weighted by molar-refractivity contribution is -0.148. The molecule has 3 amide bonds. The molecule has 1 heterocycles. The van der Waals surface area contributed by atoms with Crippen molar-refractivity contribution in [3.63, 3.8) is 0 Å². The number of ether oxygens (including phenoxy) is 2. The van der Waals surface area contributed by atoms with Gasteiger partial charge in [-0.25, -0.2) is 0 Å². The quantitative estimate of drug-likeness (QED) is 0.501. The second kappa shape index (κ2) is 9.69. The summed E-state index contributed by atoms with van der Waals surface area (Å²) >= 11 is 0. The Morgan fingerprint density at radius 1 is 0.967 bits per heavy atom. The summed E-state index contributed by atoms with van der Waals surface area (Å²) in [5, 5.41) is 2.66. The highest BCUT2D eigenvalue weighted by atomic mass is 16.5. The van der Waals surface area contributed by atoms with E-state index in [-0.39, 0.29) is 37.8 Å². The number of nitrogens with one attached hydrogen (secondary N) is 1. The number of hydrogen-bond donors (Lipinski definition) is 1. The van der Waals surface area contributed by atoms with Gasteiger partial charge in [0.25, 0.3) is 17.7 Å². The number of nitrogens with zero attached hydrogens (tertiary/aromatic N) is 1. The van der Waals surface area contributed by atoms with Crippen LogP contribution in [0.15, 0.2) is 48.5 Å². The van der Waals surface area contributed by atoms with Crippen molar-refractivity contribution in [3.05, 3.63) is 65.2 Å². The standard InChI is InChI=1S/C22H22N2O6/c1-29-16-10-8-15(9-11-16)13-23-19(25)14-30-20(26)7-4-12-24-21(27)17-5-2-3-6-18(17)22(24)28/h2-3,5-6,8-11H,4,7,12-14H2,1H3,(H,23,25). The van der Waals surface area contributed by atoms with E-state index < -0.39 is 11.9 Å². The SMILES string of the molecule is COc1ccc(CNC(=O)COC(=O)CCCN2C(=O)c3ccccc3C2=O)cc1. The van der Waals surface area contributed by atoms with Crippen molar-refractivity contribution in [2.24, 2.45) is 0 Å². The van der Waals surface area contributed by atoms with Crippen LogP contribution in [-0.4, -0.2) is 48.9 Å². The van der Waals surface area contributed by atoms with E-state index in [0.717, 1.165) is 16.2 Å². The molecule has 1 aliphatic heterocycles. The molecule has 0 bridgehead atoms. The number of esters is 1. The van der Waals surface area contributed by atoms with E-state index in [1.165, 1.54) is 0 Å². The van der Waals surface area contributed by atoms with Gasteiger partial charge in [0.15, 0.2) is 6.61 Å². The number of rotatable bonds is 9. The van der Waals surface area contributed by atoms with Crippen LogP contribution in [0.4, 0.5) is 0 Å². The molecule has 0 aliphatic carbocycles. The second-order valence-corrected chi connectivity index (χ2v) is 6.70. The van der Waals surface area contributed by atoms with Crippen molar-refractivity contribution in [2.75, 3.05) is 20.3 Å². The van der Waals surface area contributed by atoms with Gasteiger partial charge in [-0.1, -0.05) is 24.3 Å². The van der Waals surface area contributed by atoms with Crippen LogP contribution in [-0.2, 0) is 20.9 Å². The van der Waals surface area contributed by atoms with Gasteiger partial charge in [0.05, 0.1) is 18.2 Å². The molecule has 3 rings (SSSR count). The Bertz CT molecular complexity index is 919. The van der Waals surface area contributed by atoms with Gasteiger partial charge < -0.3 is 14.8 Å². The zero-order valence-electron chi connectivity index (χ0n) is 16.6. The van der Waals surface area contributed by atoms with E-state index in [1.807, 2.05) is 12.1 Å². The summed E-state index contributed by atoms with van der Waals surface area (Å²) < 4.78 is 10.0. The molecule has 1 aliphatic rings. The Labute approximate surface area is 173 Å². The minimum absolute atomic E-state index is 0.000828. The van der Waals surface area contributed by atoms with Crippen LogP contribution < -0.4 is 10.1 Å². The van der Waals surface area contributed by atoms with Crippen molar-refractivity contribution in [1.29, 1.82) is 0 Å². The van der Waals surface area contributed by atoms with Crippen LogP contribution in [0.1, 0.15) is 39.1 Å². The first-order valence-electron chi connectivity index (χ1n) is 9.50. The van der Waals surface area contributed by atoms with Crippen molar-refractivity contribution >= 4 is 23.7 Å². The number of hydrogen-bond acceptors (Lipinski definition) is 6. The molecule has 0 saturated heterocycles. The molecule has 0 radical (unpaired) electrons. The highest BCUT2D eigenvalue weighted by Gasteiger charge is 2.34. The molecule has 8 heteroatoms. The Kier molecular flexibility index (Phi) is 6.79. The summed E-state index contributed by atoms with van der Waals surface area (Å²) in [5.41, 5.74) is 1.63. The maximum atomic E-state index is 12.3. The van der Waals surface area contributed by atoms with Crippen molar-refractivity contribution in [3.8, 4) is 5.75 Å². The molecule has 30 heavy (non-hydrogen) atoms. The lowest BCUT2D eigenvalue weighted by Crippen LogP contribution is -2.31. The lowest BCUT2D eigenvalue weighted by atomic mass is 10.1. The van der Waals surface area contributed by atoms with Crippen LogP contribution in [0.25, 0.3) is 0 Å². The molecule has 0 fully saturated rings. The van der Waals surface area contributed by atoms with E-state index in [9.17, 15) is 19.2 Å². The first-order chi connectivity index (χ1) is 14.5. The number of carbonyl (C=O) groups is 4. The first-order valence-corrected chi connectivity index (χ1v) is 9.50. The Balaban J connectivity index is 1.34. The van der Waals surface area contributed by atoms with Crippen LogP contribution in [0.2, 0.25) is 0 Å². The number of amides is 3. The van der Waals surface area contributed by atoms with E-state index in [2.05, 4.69) is 5.32 Å². The van der Waals surface area contributed by atoms with E-state index in [1.54, 1.807) is 43.5 Å². The van der Waals surface area contributed by atoms with Gasteiger partial charge in [-0.3, -0.25) is 24.1 Å². The number of methoxy groups -OCH3 is 1. The third-order valence-electron chi connectivity index (χ3n) is 4.65. The summed E-state index contributed by atoms with van der Waals surface area (Å²) in [6, 6.07) is 13.8. The molecule has 0 unspecified atom stereocenters. The van der Waals surface area contributed by atoms with E-state index >= 15 is 0 Å². The minimum Gasteiger partial charge on any atom is -0.497 e. The predicted octanol–water partition coefficient (Wildman–Crippen LogP) is 1.93. The van der Waals surface area contributed by atoms with Gasteiger partial charge in [0, 0.05) is 19.5 Å². The average molecular weight is 410 g/mol. The van der Waals surface area contributed by atoms with Crippen LogP contribution >= 0.6 is 0 Å². The molecule has 1 N–H and O–H groups in total. The molecule has 8 nitrogen and oxygen atoms in total. The molecule has 0 aromatic heterocycles. The zero-order chi connectivity index (χ0) is 21.5. The topological polar surface area (TPSA) is 102 Å². The summed E-state index contributed by atoms with van der Waals surface area (Å²) in [6.07, 6.45) is 0.261. The zero-order valence-corrected chi connectivity index (χ0v) is 16.6. The maximum absolute atomic E-state index is 12.3. The van der Waals surface area contributed by atoms with Gasteiger partial charge in [-0.2, -0.15) is 0 Å². The monoisotopic (exact) mass is 410 g/mol. The van der Waals surface area contributed by atoms with Gasteiger partial charge in [0.1, 0.15) is 5.75 Å². The first kappa shape index (κ1) is 21.0. The third kappa shape index (κ3) is 5.02. The van der Waals surface area contributed by atoms with Crippen molar-refractivity contribution in [1.82, 2.24) is 10.2 Å². The van der Waals surface area contributed by atoms with Gasteiger partial charge in [-0.05, 0) is 36.2 Å². The molecule has 156 valence electrons. The van der Waals surface area contributed by atoms with Crippen LogP contribution in [0, 0.1) is 0 Å². The van der Waals surface area contributed by atoms with Gasteiger partial charge in [0.2, 0.25) is 0 Å². The number of benzene rings is 2. The summed E-state index contributed by atoms with van der Waals surface area (Å²) in [4.78, 5) is 49.3. The number of fused-ring (bicyclic) bond motifs is 1. The Morgan fingerprint density at radius 3 is 2.20 bits per heavy atom. The summed E-state index contributed by atoms with van der Waals surface area (Å²) in [6.45, 7) is 0.0350. The van der Waals surface area contributed by atoms with Gasteiger partial charge >= 0.3 is 5.97 Å². The Hall–Kier alpha value is -3.68. The van der Waals surface area contributed by atoms with Crippen molar-refractivity contribution in [2.45, 2.75) is 19.4 Å². The number of imide groups is 1. The molecule has 0 spiro atoms. The van der Waals surface area contributed by atoms with Crippen LogP contribution in [0.5, 0.6) is 5.75 Å². The molecular formula is C22H22N2O6. The van der Waals surface area contributed by atoms with Crippen LogP contribution in [0.3, 0.4) is 0 Å². The normalized spacial score (nSPS) is 12.5. The summed E-state index contributed by atoms with van der Waals surface area (Å²) in [5.74, 6) is -0.977. The minimum atomic E-state index is -0.564. The number of carbonyl (C=O) groups excluding carboxylic acids is 4. The van der Waals surface area contributed by atoms with E-state index in [0.29, 0.717) is 17.7 Å². The van der Waals surface area contributed by atoms with E-state index in [4.69, 9.17) is 9.47 Å². The predicted molar refractivity (Wildman–Crippen MR) is 107 cm³/mol. The molecule has 0 atom stereocenters. The fraction of sp³-hybridized carbons (Fsp3) is 0.273. The highest BCUT2D eigenvalue weighted by Crippen LogP contribution is 2.22. The fourth-order valence-corrected chi connectivity index (χ4v) is 3.04. The smallest absolute Gasteiger partial charge is 0.306 e. The molecule has 2 aromatic carbocycles. The third-order valence-corrected chi connectivity index (χ3v) is 4.65. The average Bonchev–Trinajstić information content (AvgIpc) is 3.01. The highest BCUT2D eigenvalue weighted by molar-refractivity contribution is 6.21. The summed E-state index contributed by atoms with van der Waals surface area (Å²) in [7, 11) is 1.57. The lowest BCUT2D eigenvalue weighted by Gasteiger charge is -2.13. The maximum Gasteiger partial charge on any atom is 0.306 e. The largest absolute Gasteiger partial charge is 0.497 e. The fourth-order valence-electron chi connectivity index (χ4n) is 3.04. The molecule has 2 aromatic rings. The van der Waals surface area contributed by atoms with Gasteiger partial charge in [-0.15, -0.1) is 0 Å². The molecule has 0 saturated carbocycles. The van der Waals surface area contributed by atoms with Crippen molar-refractivity contribution < 1.29 is 28.7 Å². The molecular weight excluding hydrogens is 388 g/mol. The second-order valence-electron chi connectivity index (χ2n) is 6.70.